The monoisotopic (exact) mass is 306 g/mol. The highest BCUT2D eigenvalue weighted by molar-refractivity contribution is 7.99. The molecule has 1 heterocycles. The maximum Gasteiger partial charge on any atom is 0.101 e. The van der Waals surface area contributed by atoms with Crippen LogP contribution in [0.15, 0.2) is 52.5 Å². The van der Waals surface area contributed by atoms with Gasteiger partial charge in [0.25, 0.3) is 0 Å². The molecule has 1 aromatic carbocycles. The van der Waals surface area contributed by atoms with Crippen LogP contribution in [-0.2, 0) is 0 Å². The second-order valence-corrected chi connectivity index (χ2v) is 6.03. The van der Waals surface area contributed by atoms with Crippen LogP contribution < -0.4 is 5.32 Å². The predicted octanol–water partition coefficient (Wildman–Crippen LogP) is 4.95. The lowest BCUT2D eigenvalue weighted by atomic mass is 10.1. The molecule has 2 rings (SSSR count). The number of nitrogens with one attached hydrogen (secondary N) is 1. The van der Waals surface area contributed by atoms with Gasteiger partial charge in [0, 0.05) is 17.1 Å². The average molecular weight is 307 g/mol. The van der Waals surface area contributed by atoms with E-state index in [0.717, 1.165) is 18.0 Å². The third-order valence-corrected chi connectivity index (χ3v) is 4.25. The quantitative estimate of drug-likeness (QED) is 0.817. The van der Waals surface area contributed by atoms with Crippen molar-refractivity contribution in [1.82, 2.24) is 10.3 Å². The molecule has 0 bridgehead atoms. The molecule has 1 unspecified atom stereocenters. The van der Waals surface area contributed by atoms with Gasteiger partial charge in [0.05, 0.1) is 5.02 Å². The molecular weight excluding hydrogens is 288 g/mol. The second kappa shape index (κ2) is 7.67. The van der Waals surface area contributed by atoms with Crippen LogP contribution >= 0.6 is 23.4 Å². The summed E-state index contributed by atoms with van der Waals surface area (Å²) in [6, 6.07) is 12.9. The summed E-state index contributed by atoms with van der Waals surface area (Å²) in [7, 11) is 0. The zero-order valence-corrected chi connectivity index (χ0v) is 13.3. The highest BCUT2D eigenvalue weighted by Crippen LogP contribution is 2.28. The van der Waals surface area contributed by atoms with E-state index in [1.807, 2.05) is 12.1 Å². The number of nitrogens with zero attached hydrogens (tertiary/aromatic N) is 1. The Kier molecular flexibility index (Phi) is 5.89. The highest BCUT2D eigenvalue weighted by Gasteiger charge is 2.07. The second-order valence-electron chi connectivity index (χ2n) is 4.50. The first-order chi connectivity index (χ1) is 9.72. The molecular formula is C16H19ClN2S. The number of halogens is 1. The number of pyridine rings is 1. The number of aromatic nitrogens is 1. The molecule has 106 valence electrons. The van der Waals surface area contributed by atoms with Gasteiger partial charge in [-0.3, -0.25) is 0 Å². The molecule has 1 aromatic heterocycles. The molecule has 0 saturated heterocycles. The number of hydrogen-bond donors (Lipinski definition) is 1. The summed E-state index contributed by atoms with van der Waals surface area (Å²) in [5.41, 5.74) is 1.34. The molecule has 0 amide bonds. The van der Waals surface area contributed by atoms with Crippen molar-refractivity contribution >= 4 is 23.4 Å². The molecule has 1 N–H and O–H groups in total. The third-order valence-electron chi connectivity index (χ3n) is 3.06. The average Bonchev–Trinajstić information content (AvgIpc) is 2.48. The van der Waals surface area contributed by atoms with Crippen molar-refractivity contribution in [3.05, 3.63) is 53.2 Å². The molecule has 0 spiro atoms. The first-order valence-electron chi connectivity index (χ1n) is 6.85. The molecule has 20 heavy (non-hydrogen) atoms. The Bertz CT molecular complexity index is 525. The Labute approximate surface area is 130 Å². The van der Waals surface area contributed by atoms with E-state index in [1.54, 1.807) is 18.0 Å². The van der Waals surface area contributed by atoms with Crippen LogP contribution in [0.25, 0.3) is 0 Å². The van der Waals surface area contributed by atoms with Crippen LogP contribution in [0, 0.1) is 0 Å². The van der Waals surface area contributed by atoms with Gasteiger partial charge in [-0.15, -0.1) is 0 Å². The van der Waals surface area contributed by atoms with Crippen molar-refractivity contribution < 1.29 is 0 Å². The summed E-state index contributed by atoms with van der Waals surface area (Å²) >= 11 is 7.48. The lowest BCUT2D eigenvalue weighted by molar-refractivity contribution is 0.537. The fraction of sp³-hybridized carbons (Fsp3) is 0.312. The van der Waals surface area contributed by atoms with Crippen molar-refractivity contribution in [2.75, 3.05) is 6.54 Å². The van der Waals surface area contributed by atoms with Gasteiger partial charge in [-0.25, -0.2) is 4.98 Å². The summed E-state index contributed by atoms with van der Waals surface area (Å²) in [6.07, 6.45) is 2.77. The maximum absolute atomic E-state index is 5.84. The van der Waals surface area contributed by atoms with Crippen LogP contribution in [0.5, 0.6) is 0 Å². The fourth-order valence-corrected chi connectivity index (χ4v) is 2.92. The largest absolute Gasteiger partial charge is 0.310 e. The Morgan fingerprint density at radius 1 is 1.15 bits per heavy atom. The van der Waals surface area contributed by atoms with Crippen molar-refractivity contribution in [3.8, 4) is 0 Å². The van der Waals surface area contributed by atoms with Crippen molar-refractivity contribution in [2.45, 2.75) is 36.2 Å². The SMILES string of the molecule is CCNC(CC)c1ccc(Sc2ccc(Cl)cn2)cc1. The van der Waals surface area contributed by atoms with E-state index in [0.29, 0.717) is 11.1 Å². The predicted molar refractivity (Wildman–Crippen MR) is 86.5 cm³/mol. The molecule has 0 saturated carbocycles. The van der Waals surface area contributed by atoms with E-state index >= 15 is 0 Å². The Balaban J connectivity index is 2.06. The summed E-state index contributed by atoms with van der Waals surface area (Å²) in [5.74, 6) is 0. The summed E-state index contributed by atoms with van der Waals surface area (Å²) in [5, 5.41) is 5.12. The van der Waals surface area contributed by atoms with Gasteiger partial charge >= 0.3 is 0 Å². The van der Waals surface area contributed by atoms with Gasteiger partial charge < -0.3 is 5.32 Å². The van der Waals surface area contributed by atoms with Crippen LogP contribution in [0.3, 0.4) is 0 Å². The van der Waals surface area contributed by atoms with Crippen molar-refractivity contribution in [2.24, 2.45) is 0 Å². The summed E-state index contributed by atoms with van der Waals surface area (Å²) < 4.78 is 0. The standard InChI is InChI=1S/C16H19ClN2S/c1-3-15(18-4-2)12-5-8-14(9-6-12)20-16-10-7-13(17)11-19-16/h5-11,15,18H,3-4H2,1-2H3. The molecule has 0 aliphatic carbocycles. The molecule has 0 fully saturated rings. The van der Waals surface area contributed by atoms with E-state index in [2.05, 4.69) is 48.4 Å². The van der Waals surface area contributed by atoms with E-state index in [9.17, 15) is 0 Å². The third kappa shape index (κ3) is 4.23. The Morgan fingerprint density at radius 2 is 1.90 bits per heavy atom. The highest BCUT2D eigenvalue weighted by atomic mass is 35.5. The minimum absolute atomic E-state index is 0.438. The van der Waals surface area contributed by atoms with E-state index in [1.165, 1.54) is 10.5 Å². The van der Waals surface area contributed by atoms with Crippen LogP contribution in [-0.4, -0.2) is 11.5 Å². The first kappa shape index (κ1) is 15.4. The minimum atomic E-state index is 0.438. The van der Waals surface area contributed by atoms with E-state index in [-0.39, 0.29) is 0 Å². The topological polar surface area (TPSA) is 24.9 Å². The van der Waals surface area contributed by atoms with Gasteiger partial charge in [-0.1, -0.05) is 49.3 Å². The number of hydrogen-bond acceptors (Lipinski definition) is 3. The molecule has 2 aromatic rings. The maximum atomic E-state index is 5.84. The Hall–Kier alpha value is -1.03. The molecule has 0 aliphatic rings. The lowest BCUT2D eigenvalue weighted by Crippen LogP contribution is -2.19. The van der Waals surface area contributed by atoms with Crippen molar-refractivity contribution in [1.29, 1.82) is 0 Å². The minimum Gasteiger partial charge on any atom is -0.310 e. The first-order valence-corrected chi connectivity index (χ1v) is 8.05. The van der Waals surface area contributed by atoms with Crippen LogP contribution in [0.1, 0.15) is 31.9 Å². The summed E-state index contributed by atoms with van der Waals surface area (Å²) in [6.45, 7) is 5.33. The summed E-state index contributed by atoms with van der Waals surface area (Å²) in [4.78, 5) is 5.49. The normalized spacial score (nSPS) is 12.3. The zero-order valence-electron chi connectivity index (χ0n) is 11.8. The number of rotatable bonds is 6. The van der Waals surface area contributed by atoms with Gasteiger partial charge in [0.2, 0.25) is 0 Å². The van der Waals surface area contributed by atoms with Gasteiger partial charge in [-0.05, 0) is 42.8 Å². The smallest absolute Gasteiger partial charge is 0.101 e. The lowest BCUT2D eigenvalue weighted by Gasteiger charge is -2.16. The molecule has 0 aliphatic heterocycles. The fourth-order valence-electron chi connectivity index (χ4n) is 2.06. The van der Waals surface area contributed by atoms with Gasteiger partial charge in [0.1, 0.15) is 5.03 Å². The molecule has 1 atom stereocenters. The van der Waals surface area contributed by atoms with Crippen LogP contribution in [0.2, 0.25) is 5.02 Å². The van der Waals surface area contributed by atoms with Crippen LogP contribution in [0.4, 0.5) is 0 Å². The zero-order chi connectivity index (χ0) is 14.4. The van der Waals surface area contributed by atoms with E-state index < -0.39 is 0 Å². The Morgan fingerprint density at radius 3 is 2.45 bits per heavy atom. The van der Waals surface area contributed by atoms with Gasteiger partial charge in [-0.2, -0.15) is 0 Å². The molecule has 0 radical (unpaired) electrons. The van der Waals surface area contributed by atoms with Gasteiger partial charge in [0.15, 0.2) is 0 Å². The molecule has 4 heteroatoms. The molecule has 2 nitrogen and oxygen atoms in total. The number of benzene rings is 1. The van der Waals surface area contributed by atoms with Crippen molar-refractivity contribution in [3.63, 3.8) is 0 Å². The van der Waals surface area contributed by atoms with E-state index in [4.69, 9.17) is 11.6 Å².